The minimum Gasteiger partial charge on any atom is -0.380 e. The Morgan fingerprint density at radius 3 is 2.07 bits per heavy atom. The molecule has 0 aliphatic rings. The molecule has 0 aliphatic carbocycles. The van der Waals surface area contributed by atoms with E-state index in [2.05, 4.69) is 25.3 Å². The molecule has 0 radical (unpaired) electrons. The Morgan fingerprint density at radius 1 is 0.854 bits per heavy atom. The second-order valence-electron chi connectivity index (χ2n) is 9.19. The van der Waals surface area contributed by atoms with Gasteiger partial charge >= 0.3 is 5.97 Å². The summed E-state index contributed by atoms with van der Waals surface area (Å²) in [6, 6.07) is 23.7. The van der Waals surface area contributed by atoms with E-state index in [1.165, 1.54) is 6.92 Å². The molecule has 2 amide bonds. The Labute approximate surface area is 239 Å². The van der Waals surface area contributed by atoms with E-state index in [4.69, 9.17) is 5.73 Å². The minimum absolute atomic E-state index is 0.0275. The summed E-state index contributed by atoms with van der Waals surface area (Å²) in [5.41, 5.74) is 8.59. The van der Waals surface area contributed by atoms with Crippen LogP contribution in [0.4, 0.5) is 0 Å². The van der Waals surface area contributed by atoms with Crippen LogP contribution in [-0.4, -0.2) is 44.6 Å². The quantitative estimate of drug-likeness (QED) is 0.0975. The molecule has 5 N–H and O–H groups in total. The van der Waals surface area contributed by atoms with Crippen molar-refractivity contribution in [2.24, 2.45) is 10.9 Å². The lowest BCUT2D eigenvalue weighted by Crippen LogP contribution is -2.49. The molecule has 0 unspecified atom stereocenters. The molecule has 216 valence electrons. The molecule has 41 heavy (non-hydrogen) atoms. The van der Waals surface area contributed by atoms with Crippen LogP contribution in [0.1, 0.15) is 35.6 Å². The van der Waals surface area contributed by atoms with Gasteiger partial charge in [-0.25, -0.2) is 17.9 Å². The number of oxime groups is 1. The maximum Gasteiger partial charge on any atom is 0.332 e. The molecule has 0 aromatic heterocycles. The van der Waals surface area contributed by atoms with E-state index in [0.29, 0.717) is 17.5 Å². The van der Waals surface area contributed by atoms with Crippen molar-refractivity contribution in [3.63, 3.8) is 0 Å². The van der Waals surface area contributed by atoms with Crippen molar-refractivity contribution in [2.45, 2.75) is 38.1 Å². The Bertz CT molecular complexity index is 1450. The molecule has 0 saturated carbocycles. The summed E-state index contributed by atoms with van der Waals surface area (Å²) in [7, 11) is -3.84. The van der Waals surface area contributed by atoms with E-state index in [1.807, 2.05) is 30.3 Å². The zero-order valence-electron chi connectivity index (χ0n) is 22.6. The molecule has 0 spiro atoms. The minimum atomic E-state index is -3.84. The van der Waals surface area contributed by atoms with Crippen molar-refractivity contribution >= 4 is 33.6 Å². The number of nitrogens with one attached hydrogen (secondary N) is 3. The van der Waals surface area contributed by atoms with Crippen LogP contribution in [0, 0.1) is 0 Å². The Balaban J connectivity index is 1.55. The average molecular weight is 580 g/mol. The Kier molecular flexibility index (Phi) is 11.6. The Morgan fingerprint density at radius 2 is 1.46 bits per heavy atom. The summed E-state index contributed by atoms with van der Waals surface area (Å²) >= 11 is 0. The molecule has 12 heteroatoms. The molecular weight excluding hydrogens is 546 g/mol. The predicted octanol–water partition coefficient (Wildman–Crippen LogP) is 1.72. The summed E-state index contributed by atoms with van der Waals surface area (Å²) in [6.07, 6.45) is 0.673. The third-order valence-corrected chi connectivity index (χ3v) is 7.19. The molecule has 0 aliphatic heterocycles. The number of carbonyl (C=O) groups excluding carboxylic acids is 3. The van der Waals surface area contributed by atoms with Crippen molar-refractivity contribution in [1.29, 1.82) is 0 Å². The SMILES string of the molecule is CC(=O)O/N=C(\N)c1ccc(CNC(=O)CNC(=O)[C@@H](CCc2ccccc2)NS(=O)(=O)Cc2ccccc2)cc1. The number of hydrogen-bond acceptors (Lipinski definition) is 7. The molecule has 0 saturated heterocycles. The van der Waals surface area contributed by atoms with Gasteiger partial charge in [0.25, 0.3) is 0 Å². The van der Waals surface area contributed by atoms with Crippen LogP contribution < -0.4 is 21.1 Å². The monoisotopic (exact) mass is 579 g/mol. The summed E-state index contributed by atoms with van der Waals surface area (Å²) in [5.74, 6) is -1.89. The lowest BCUT2D eigenvalue weighted by Gasteiger charge is -2.19. The van der Waals surface area contributed by atoms with Crippen LogP contribution in [-0.2, 0) is 48.0 Å². The third kappa shape index (κ3) is 11.2. The van der Waals surface area contributed by atoms with Gasteiger partial charge < -0.3 is 21.2 Å². The molecular formula is C29H33N5O6S. The van der Waals surface area contributed by atoms with Crippen molar-refractivity contribution in [1.82, 2.24) is 15.4 Å². The third-order valence-electron chi connectivity index (χ3n) is 5.84. The average Bonchev–Trinajstić information content (AvgIpc) is 2.96. The number of hydrogen-bond donors (Lipinski definition) is 4. The fourth-order valence-corrected chi connectivity index (χ4v) is 5.14. The highest BCUT2D eigenvalue weighted by atomic mass is 32.2. The lowest BCUT2D eigenvalue weighted by molar-refractivity contribution is -0.141. The molecule has 0 heterocycles. The van der Waals surface area contributed by atoms with Crippen molar-refractivity contribution in [2.75, 3.05) is 6.54 Å². The second kappa shape index (κ2) is 15.3. The van der Waals surface area contributed by atoms with Crippen LogP contribution in [0.15, 0.2) is 90.1 Å². The van der Waals surface area contributed by atoms with Crippen LogP contribution in [0.25, 0.3) is 0 Å². The number of amides is 2. The molecule has 3 aromatic carbocycles. The van der Waals surface area contributed by atoms with Gasteiger partial charge in [0.15, 0.2) is 5.84 Å². The first-order valence-corrected chi connectivity index (χ1v) is 14.5. The number of sulfonamides is 1. The van der Waals surface area contributed by atoms with Gasteiger partial charge in [-0.3, -0.25) is 9.59 Å². The first-order valence-electron chi connectivity index (χ1n) is 12.8. The fourth-order valence-electron chi connectivity index (χ4n) is 3.76. The lowest BCUT2D eigenvalue weighted by atomic mass is 10.1. The van der Waals surface area contributed by atoms with E-state index in [1.54, 1.807) is 54.6 Å². The van der Waals surface area contributed by atoms with E-state index < -0.39 is 33.8 Å². The first kappa shape index (κ1) is 31.0. The van der Waals surface area contributed by atoms with E-state index in [0.717, 1.165) is 11.1 Å². The fraction of sp³-hybridized carbons (Fsp3) is 0.241. The molecule has 0 bridgehead atoms. The summed E-state index contributed by atoms with van der Waals surface area (Å²) in [5, 5.41) is 8.75. The van der Waals surface area contributed by atoms with Crippen LogP contribution in [0.5, 0.6) is 0 Å². The zero-order chi connectivity index (χ0) is 29.7. The zero-order valence-corrected chi connectivity index (χ0v) is 23.4. The second-order valence-corrected chi connectivity index (χ2v) is 10.9. The highest BCUT2D eigenvalue weighted by molar-refractivity contribution is 7.88. The number of nitrogens with zero attached hydrogens (tertiary/aromatic N) is 1. The highest BCUT2D eigenvalue weighted by Crippen LogP contribution is 2.10. The van der Waals surface area contributed by atoms with Gasteiger partial charge in [-0.15, -0.1) is 0 Å². The van der Waals surface area contributed by atoms with E-state index >= 15 is 0 Å². The first-order chi connectivity index (χ1) is 19.6. The van der Waals surface area contributed by atoms with Gasteiger partial charge in [0.2, 0.25) is 21.8 Å². The van der Waals surface area contributed by atoms with Gasteiger partial charge in [0.05, 0.1) is 12.3 Å². The van der Waals surface area contributed by atoms with Gasteiger partial charge in [-0.2, -0.15) is 0 Å². The largest absolute Gasteiger partial charge is 0.380 e. The number of aryl methyl sites for hydroxylation is 1. The molecule has 3 aromatic rings. The summed E-state index contributed by atoms with van der Waals surface area (Å²) < 4.78 is 28.2. The van der Waals surface area contributed by atoms with Crippen molar-refractivity contribution in [3.8, 4) is 0 Å². The molecule has 11 nitrogen and oxygen atoms in total. The standard InChI is InChI=1S/C29H33N5O6S/c1-21(35)40-33-28(30)25-15-12-23(13-16-25)18-31-27(36)19-32-29(37)26(17-14-22-8-4-2-5-9-22)34-41(38,39)20-24-10-6-3-7-11-24/h2-13,15-16,26,34H,14,17-20H2,1H3,(H2,30,33)(H,31,36)(H,32,37)/t26-/m1/s1. The topological polar surface area (TPSA) is 169 Å². The van der Waals surface area contributed by atoms with Crippen molar-refractivity contribution in [3.05, 3.63) is 107 Å². The van der Waals surface area contributed by atoms with E-state index in [9.17, 15) is 22.8 Å². The number of rotatable bonds is 14. The van der Waals surface area contributed by atoms with Gasteiger partial charge in [0, 0.05) is 19.0 Å². The highest BCUT2D eigenvalue weighted by Gasteiger charge is 2.25. The normalized spacial score (nSPS) is 12.3. The molecule has 0 fully saturated rings. The van der Waals surface area contributed by atoms with E-state index in [-0.39, 0.29) is 31.1 Å². The predicted molar refractivity (Wildman–Crippen MR) is 155 cm³/mol. The molecule has 1 atom stereocenters. The van der Waals surface area contributed by atoms with Crippen molar-refractivity contribution < 1.29 is 27.6 Å². The number of carbonyl (C=O) groups is 3. The number of nitrogens with two attached hydrogens (primary N) is 1. The van der Waals surface area contributed by atoms with Crippen LogP contribution in [0.3, 0.4) is 0 Å². The maximum atomic E-state index is 13.0. The Hall–Kier alpha value is -4.55. The van der Waals surface area contributed by atoms with Crippen LogP contribution in [0.2, 0.25) is 0 Å². The summed E-state index contributed by atoms with van der Waals surface area (Å²) in [6.45, 7) is 1.05. The summed E-state index contributed by atoms with van der Waals surface area (Å²) in [4.78, 5) is 40.8. The van der Waals surface area contributed by atoms with Gasteiger partial charge in [0.1, 0.15) is 6.04 Å². The number of amidine groups is 1. The molecule has 3 rings (SSSR count). The van der Waals surface area contributed by atoms with Gasteiger partial charge in [-0.05, 0) is 29.5 Å². The number of benzene rings is 3. The maximum absolute atomic E-state index is 13.0. The van der Waals surface area contributed by atoms with Crippen LogP contribution >= 0.6 is 0 Å². The smallest absolute Gasteiger partial charge is 0.332 e. The van der Waals surface area contributed by atoms with Gasteiger partial charge in [-0.1, -0.05) is 90.1 Å².